The van der Waals surface area contributed by atoms with Gasteiger partial charge in [0.05, 0.1) is 17.7 Å². The van der Waals surface area contributed by atoms with Crippen LogP contribution in [0.25, 0.3) is 22.8 Å². The zero-order valence-electron chi connectivity index (χ0n) is 19.2. The molecule has 0 aliphatic rings. The van der Waals surface area contributed by atoms with E-state index in [0.29, 0.717) is 10.6 Å². The molecule has 2 aromatic carbocycles. The van der Waals surface area contributed by atoms with Crippen LogP contribution in [0, 0.1) is 0 Å². The Labute approximate surface area is 207 Å². The Morgan fingerprint density at radius 2 is 1.86 bits per heavy atom. The summed E-state index contributed by atoms with van der Waals surface area (Å²) in [5.74, 6) is -0.611. The molecule has 0 fully saturated rings. The highest BCUT2D eigenvalue weighted by atomic mass is 35.5. The van der Waals surface area contributed by atoms with Crippen molar-refractivity contribution in [3.8, 4) is 28.6 Å². The van der Waals surface area contributed by atoms with Crippen molar-refractivity contribution in [3.63, 3.8) is 0 Å². The van der Waals surface area contributed by atoms with Crippen molar-refractivity contribution < 1.29 is 31.9 Å². The molecule has 1 atom stereocenters. The van der Waals surface area contributed by atoms with Crippen LogP contribution in [0.3, 0.4) is 0 Å². The smallest absolute Gasteiger partial charge is 0.417 e. The lowest BCUT2D eigenvalue weighted by Gasteiger charge is -2.17. The molecular formula is C23H19ClF3N5O4. The summed E-state index contributed by atoms with van der Waals surface area (Å²) in [6, 6.07) is 9.74. The van der Waals surface area contributed by atoms with Gasteiger partial charge in [0.25, 0.3) is 5.89 Å². The maximum Gasteiger partial charge on any atom is 0.417 e. The van der Waals surface area contributed by atoms with Crippen molar-refractivity contribution >= 4 is 17.6 Å². The molecular weight excluding hydrogens is 503 g/mol. The van der Waals surface area contributed by atoms with Gasteiger partial charge in [-0.25, -0.2) is 4.79 Å². The molecule has 0 radical (unpaired) electrons. The van der Waals surface area contributed by atoms with E-state index in [9.17, 15) is 18.0 Å². The first kappa shape index (κ1) is 25.2. The van der Waals surface area contributed by atoms with Gasteiger partial charge in [0.2, 0.25) is 0 Å². The van der Waals surface area contributed by atoms with Crippen LogP contribution in [0.5, 0.6) is 5.75 Å². The van der Waals surface area contributed by atoms with Crippen LogP contribution in [-0.4, -0.2) is 37.5 Å². The van der Waals surface area contributed by atoms with Crippen molar-refractivity contribution in [2.45, 2.75) is 26.1 Å². The summed E-state index contributed by atoms with van der Waals surface area (Å²) in [4.78, 5) is 11.9. The predicted molar refractivity (Wildman–Crippen MR) is 121 cm³/mol. The Morgan fingerprint density at radius 1 is 1.11 bits per heavy atom. The molecule has 0 saturated carbocycles. The summed E-state index contributed by atoms with van der Waals surface area (Å²) in [6.07, 6.45) is -5.32. The van der Waals surface area contributed by atoms with Crippen LogP contribution < -0.4 is 4.74 Å². The highest BCUT2D eigenvalue weighted by Gasteiger charge is 2.35. The van der Waals surface area contributed by atoms with E-state index in [-0.39, 0.29) is 41.4 Å². The van der Waals surface area contributed by atoms with Gasteiger partial charge in [0.1, 0.15) is 5.75 Å². The van der Waals surface area contributed by atoms with Crippen LogP contribution >= 0.6 is 11.6 Å². The molecule has 188 valence electrons. The maximum atomic E-state index is 13.5. The fourth-order valence-corrected chi connectivity index (χ4v) is 3.65. The van der Waals surface area contributed by atoms with Crippen LogP contribution in [0.15, 0.2) is 46.9 Å². The highest BCUT2D eigenvalue weighted by Crippen LogP contribution is 2.38. The minimum absolute atomic E-state index is 0.0284. The quantitative estimate of drug-likeness (QED) is 0.293. The largest absolute Gasteiger partial charge is 0.482 e. The molecule has 13 heteroatoms. The average Bonchev–Trinajstić information content (AvgIpc) is 3.47. The molecule has 4 aromatic rings. The lowest BCUT2D eigenvalue weighted by atomic mass is 10.1. The summed E-state index contributed by atoms with van der Waals surface area (Å²) < 4.78 is 58.3. The monoisotopic (exact) mass is 521 g/mol. The van der Waals surface area contributed by atoms with Crippen LogP contribution in [0.2, 0.25) is 5.02 Å². The van der Waals surface area contributed by atoms with E-state index >= 15 is 0 Å². The number of benzene rings is 2. The molecule has 0 unspecified atom stereocenters. The summed E-state index contributed by atoms with van der Waals surface area (Å²) in [5, 5.41) is 15.9. The van der Waals surface area contributed by atoms with Gasteiger partial charge in [0.15, 0.2) is 17.8 Å². The van der Waals surface area contributed by atoms with E-state index in [1.807, 2.05) is 0 Å². The first-order valence-electron chi connectivity index (χ1n) is 10.6. The fourth-order valence-electron chi connectivity index (χ4n) is 3.48. The number of esters is 1. The molecule has 0 spiro atoms. The second-order valence-corrected chi connectivity index (χ2v) is 7.95. The minimum atomic E-state index is -4.56. The van der Waals surface area contributed by atoms with E-state index in [4.69, 9.17) is 25.5 Å². The summed E-state index contributed by atoms with van der Waals surface area (Å²) in [5.41, 5.74) is -0.639. The van der Waals surface area contributed by atoms with Crippen molar-refractivity contribution in [2.24, 2.45) is 7.05 Å². The Morgan fingerprint density at radius 3 is 2.58 bits per heavy atom. The zero-order chi connectivity index (χ0) is 26.0. The van der Waals surface area contributed by atoms with E-state index < -0.39 is 23.8 Å². The standard InChI is InChI=1S/C23H19ClF3N5O4/c1-4-34-22(33)21-31-30-20(36-21)15-11-13(24)9-10-17(15)35-12(2)18-28-29-19(32(18)3)14-7-5-6-8-16(14)23(25,26)27/h5-12H,4H2,1-3H3/t12-/m0/s1. The van der Waals surface area contributed by atoms with Crippen LogP contribution in [0.1, 0.15) is 42.0 Å². The maximum absolute atomic E-state index is 13.5. The lowest BCUT2D eigenvalue weighted by molar-refractivity contribution is -0.137. The number of ether oxygens (including phenoxy) is 2. The average molecular weight is 522 g/mol. The number of rotatable bonds is 7. The second kappa shape index (κ2) is 9.97. The molecule has 0 amide bonds. The third-order valence-corrected chi connectivity index (χ3v) is 5.33. The number of alkyl halides is 3. The van der Waals surface area contributed by atoms with Crippen LogP contribution in [0.4, 0.5) is 13.2 Å². The number of hydrogen-bond donors (Lipinski definition) is 0. The van der Waals surface area contributed by atoms with Gasteiger partial charge < -0.3 is 18.5 Å². The van der Waals surface area contributed by atoms with Crippen molar-refractivity contribution in [1.29, 1.82) is 0 Å². The van der Waals surface area contributed by atoms with Gasteiger partial charge in [0, 0.05) is 17.6 Å². The van der Waals surface area contributed by atoms with Gasteiger partial charge in [-0.05, 0) is 38.1 Å². The van der Waals surface area contributed by atoms with Crippen molar-refractivity contribution in [2.75, 3.05) is 6.61 Å². The molecule has 0 aliphatic heterocycles. The first-order chi connectivity index (χ1) is 17.1. The molecule has 36 heavy (non-hydrogen) atoms. The van der Waals surface area contributed by atoms with Gasteiger partial charge in [-0.3, -0.25) is 0 Å². The molecule has 0 aliphatic carbocycles. The predicted octanol–water partition coefficient (Wildman–Crippen LogP) is 5.52. The summed E-state index contributed by atoms with van der Waals surface area (Å²) >= 11 is 6.13. The number of carbonyl (C=O) groups excluding carboxylic acids is 1. The van der Waals surface area contributed by atoms with Gasteiger partial charge in [-0.15, -0.1) is 20.4 Å². The molecule has 0 N–H and O–H groups in total. The van der Waals surface area contributed by atoms with Gasteiger partial charge in [-0.1, -0.05) is 29.8 Å². The fraction of sp³-hybridized carbons (Fsp3) is 0.261. The van der Waals surface area contributed by atoms with Gasteiger partial charge >= 0.3 is 18.0 Å². The molecule has 4 rings (SSSR count). The second-order valence-electron chi connectivity index (χ2n) is 7.52. The normalized spacial score (nSPS) is 12.4. The number of halogens is 4. The zero-order valence-corrected chi connectivity index (χ0v) is 20.0. The topological polar surface area (TPSA) is 105 Å². The van der Waals surface area contributed by atoms with Gasteiger partial charge in [-0.2, -0.15) is 13.2 Å². The highest BCUT2D eigenvalue weighted by molar-refractivity contribution is 6.30. The SMILES string of the molecule is CCOC(=O)c1nnc(-c2cc(Cl)ccc2O[C@@H](C)c2nnc(-c3ccccc3C(F)(F)F)n2C)o1. The van der Waals surface area contributed by atoms with Crippen LogP contribution in [-0.2, 0) is 18.0 Å². The molecule has 9 nitrogen and oxygen atoms in total. The molecule has 2 aromatic heterocycles. The summed E-state index contributed by atoms with van der Waals surface area (Å²) in [7, 11) is 1.55. The Kier molecular flexibility index (Phi) is 6.97. The number of hydrogen-bond acceptors (Lipinski definition) is 8. The first-order valence-corrected chi connectivity index (χ1v) is 11.0. The third-order valence-electron chi connectivity index (χ3n) is 5.10. The number of aromatic nitrogens is 5. The number of nitrogens with zero attached hydrogens (tertiary/aromatic N) is 5. The van der Waals surface area contributed by atoms with E-state index in [1.54, 1.807) is 33.0 Å². The Balaban J connectivity index is 1.65. The molecule has 0 saturated heterocycles. The van der Waals surface area contributed by atoms with E-state index in [0.717, 1.165) is 6.07 Å². The third kappa shape index (κ3) is 5.03. The van der Waals surface area contributed by atoms with Crippen molar-refractivity contribution in [3.05, 3.63) is 64.8 Å². The minimum Gasteiger partial charge on any atom is -0.482 e. The Bertz CT molecular complexity index is 1400. The van der Waals surface area contributed by atoms with E-state index in [2.05, 4.69) is 20.4 Å². The Hall–Kier alpha value is -3.93. The summed E-state index contributed by atoms with van der Waals surface area (Å²) in [6.45, 7) is 3.42. The molecule has 0 bridgehead atoms. The number of carbonyl (C=O) groups is 1. The van der Waals surface area contributed by atoms with Crippen molar-refractivity contribution in [1.82, 2.24) is 25.0 Å². The van der Waals surface area contributed by atoms with E-state index in [1.165, 1.54) is 28.8 Å². The lowest BCUT2D eigenvalue weighted by Crippen LogP contribution is -2.12. The molecule has 2 heterocycles.